The minimum Gasteiger partial charge on any atom is -0.313 e. The average molecular weight is 177 g/mol. The molecule has 70 valence electrons. The fourth-order valence-corrected chi connectivity index (χ4v) is 1.17. The Hall–Kier alpha value is -1.15. The van der Waals surface area contributed by atoms with Crippen LogP contribution in [-0.4, -0.2) is 13.1 Å². The van der Waals surface area contributed by atoms with Crippen molar-refractivity contribution in [3.05, 3.63) is 43.2 Å². The van der Waals surface area contributed by atoms with E-state index in [0.29, 0.717) is 0 Å². The van der Waals surface area contributed by atoms with Gasteiger partial charge in [0.2, 0.25) is 0 Å². The van der Waals surface area contributed by atoms with Crippen molar-refractivity contribution in [2.75, 3.05) is 13.1 Å². The predicted molar refractivity (Wildman–Crippen MR) is 54.3 cm³/mol. The van der Waals surface area contributed by atoms with E-state index < -0.39 is 0 Å². The lowest BCUT2D eigenvalue weighted by Gasteiger charge is -1.98. The maximum atomic E-state index is 3.65. The third kappa shape index (κ3) is 4.43. The van der Waals surface area contributed by atoms with Gasteiger partial charge in [-0.15, -0.1) is 6.58 Å². The molecule has 0 atom stereocenters. The minimum absolute atomic E-state index is 0.902. The number of aryl methyl sites for hydroxylation is 1. The van der Waals surface area contributed by atoms with E-state index in [1.165, 1.54) is 0 Å². The van der Waals surface area contributed by atoms with Gasteiger partial charge in [-0.2, -0.15) is 0 Å². The van der Waals surface area contributed by atoms with Crippen molar-refractivity contribution in [2.45, 2.75) is 13.0 Å². The van der Waals surface area contributed by atoms with Crippen LogP contribution in [0.2, 0.25) is 0 Å². The predicted octanol–water partition coefficient (Wildman–Crippen LogP) is 1.14. The van der Waals surface area contributed by atoms with Crippen LogP contribution in [-0.2, 0) is 6.54 Å². The van der Waals surface area contributed by atoms with Crippen LogP contribution in [0.25, 0.3) is 0 Å². The van der Waals surface area contributed by atoms with Gasteiger partial charge in [-0.1, -0.05) is 12.1 Å². The fraction of sp³-hybridized carbons (Fsp3) is 0.364. The zero-order valence-corrected chi connectivity index (χ0v) is 7.95. The largest absolute Gasteiger partial charge is 0.313 e. The molecular formula is C11H17N2+. The molecule has 0 aliphatic rings. The van der Waals surface area contributed by atoms with E-state index in [2.05, 4.69) is 41.0 Å². The molecule has 1 rings (SSSR count). The van der Waals surface area contributed by atoms with Crippen LogP contribution >= 0.6 is 0 Å². The van der Waals surface area contributed by atoms with Crippen LogP contribution in [0.5, 0.6) is 0 Å². The van der Waals surface area contributed by atoms with Crippen molar-refractivity contribution in [1.29, 1.82) is 0 Å². The number of hydrogen-bond donors (Lipinski definition) is 1. The van der Waals surface area contributed by atoms with Crippen LogP contribution in [0.4, 0.5) is 0 Å². The third-order valence-corrected chi connectivity index (χ3v) is 1.84. The van der Waals surface area contributed by atoms with Gasteiger partial charge in [-0.3, -0.25) is 0 Å². The lowest BCUT2D eigenvalue weighted by molar-refractivity contribution is -0.697. The number of rotatable bonds is 6. The summed E-state index contributed by atoms with van der Waals surface area (Å²) in [6.07, 6.45) is 7.22. The Kier molecular flexibility index (Phi) is 4.87. The van der Waals surface area contributed by atoms with Gasteiger partial charge in [0.25, 0.3) is 0 Å². The molecule has 1 N–H and O–H groups in total. The summed E-state index contributed by atoms with van der Waals surface area (Å²) in [6.45, 7) is 6.67. The van der Waals surface area contributed by atoms with E-state index in [1.807, 2.05) is 12.1 Å². The molecule has 0 unspecified atom stereocenters. The zero-order chi connectivity index (χ0) is 9.36. The maximum absolute atomic E-state index is 3.65. The zero-order valence-electron chi connectivity index (χ0n) is 7.95. The van der Waals surface area contributed by atoms with Gasteiger partial charge in [0, 0.05) is 31.6 Å². The summed E-state index contributed by atoms with van der Waals surface area (Å²) in [5.41, 5.74) is 0. The monoisotopic (exact) mass is 177 g/mol. The summed E-state index contributed by atoms with van der Waals surface area (Å²) < 4.78 is 2.19. The highest BCUT2D eigenvalue weighted by atomic mass is 14.9. The molecule has 0 saturated heterocycles. The van der Waals surface area contributed by atoms with Gasteiger partial charge >= 0.3 is 0 Å². The van der Waals surface area contributed by atoms with Crippen molar-refractivity contribution in [2.24, 2.45) is 0 Å². The maximum Gasteiger partial charge on any atom is 0.168 e. The Morgan fingerprint density at radius 3 is 2.69 bits per heavy atom. The molecule has 0 aliphatic carbocycles. The minimum atomic E-state index is 0.902. The third-order valence-electron chi connectivity index (χ3n) is 1.84. The second kappa shape index (κ2) is 6.38. The Morgan fingerprint density at radius 2 is 2.00 bits per heavy atom. The molecule has 13 heavy (non-hydrogen) atoms. The van der Waals surface area contributed by atoms with E-state index in [0.717, 1.165) is 26.1 Å². The highest BCUT2D eigenvalue weighted by Crippen LogP contribution is 1.80. The van der Waals surface area contributed by atoms with Crippen molar-refractivity contribution in [3.8, 4) is 0 Å². The van der Waals surface area contributed by atoms with E-state index in [4.69, 9.17) is 0 Å². The van der Waals surface area contributed by atoms with E-state index in [9.17, 15) is 0 Å². The van der Waals surface area contributed by atoms with Crippen LogP contribution in [0.1, 0.15) is 6.42 Å². The second-order valence-electron chi connectivity index (χ2n) is 2.96. The number of hydrogen-bond acceptors (Lipinski definition) is 1. The van der Waals surface area contributed by atoms with Crippen molar-refractivity contribution in [1.82, 2.24) is 5.32 Å². The van der Waals surface area contributed by atoms with E-state index in [1.54, 1.807) is 0 Å². The van der Waals surface area contributed by atoms with E-state index >= 15 is 0 Å². The molecule has 1 heterocycles. The Balaban J connectivity index is 2.10. The Bertz CT molecular complexity index is 231. The molecule has 2 nitrogen and oxygen atoms in total. The van der Waals surface area contributed by atoms with Crippen LogP contribution in [0.3, 0.4) is 0 Å². The van der Waals surface area contributed by atoms with Crippen molar-refractivity contribution < 1.29 is 4.57 Å². The summed E-state index contributed by atoms with van der Waals surface area (Å²) in [5.74, 6) is 0. The topological polar surface area (TPSA) is 15.9 Å². The van der Waals surface area contributed by atoms with Gasteiger partial charge in [-0.05, 0) is 0 Å². The highest BCUT2D eigenvalue weighted by Gasteiger charge is 1.95. The molecule has 1 aromatic heterocycles. The van der Waals surface area contributed by atoms with Gasteiger partial charge in [-0.25, -0.2) is 4.57 Å². The first-order valence-corrected chi connectivity index (χ1v) is 4.69. The summed E-state index contributed by atoms with van der Waals surface area (Å²) in [5, 5.41) is 3.27. The number of nitrogens with one attached hydrogen (secondary N) is 1. The first-order valence-electron chi connectivity index (χ1n) is 4.69. The summed E-state index contributed by atoms with van der Waals surface area (Å²) in [6, 6.07) is 6.14. The average Bonchev–Trinajstić information content (AvgIpc) is 2.19. The lowest BCUT2D eigenvalue weighted by atomic mass is 10.4. The molecule has 0 aliphatic heterocycles. The lowest BCUT2D eigenvalue weighted by Crippen LogP contribution is -2.34. The number of pyridine rings is 1. The normalized spacial score (nSPS) is 9.85. The van der Waals surface area contributed by atoms with Crippen molar-refractivity contribution >= 4 is 0 Å². The summed E-state index contributed by atoms with van der Waals surface area (Å²) in [4.78, 5) is 0. The molecule has 1 aromatic rings. The molecule has 0 saturated carbocycles. The first-order chi connectivity index (χ1) is 6.43. The molecule has 0 spiro atoms. The summed E-state index contributed by atoms with van der Waals surface area (Å²) in [7, 11) is 0. The highest BCUT2D eigenvalue weighted by molar-refractivity contribution is 4.83. The Labute approximate surface area is 79.9 Å². The first kappa shape index (κ1) is 9.93. The molecular weight excluding hydrogens is 160 g/mol. The summed E-state index contributed by atoms with van der Waals surface area (Å²) >= 11 is 0. The Morgan fingerprint density at radius 1 is 1.23 bits per heavy atom. The molecule has 0 bridgehead atoms. The fourth-order valence-electron chi connectivity index (χ4n) is 1.17. The van der Waals surface area contributed by atoms with Gasteiger partial charge in [0.05, 0.1) is 0 Å². The molecule has 0 radical (unpaired) electrons. The van der Waals surface area contributed by atoms with Gasteiger partial charge in [0.15, 0.2) is 12.4 Å². The standard InChI is InChI=1S/C11H17N2/c1-2-7-12-8-6-11-13-9-4-3-5-10-13/h2-5,9-10,12H,1,6-8,11H2/q+1. The quantitative estimate of drug-likeness (QED) is 0.391. The second-order valence-corrected chi connectivity index (χ2v) is 2.96. The van der Waals surface area contributed by atoms with Gasteiger partial charge < -0.3 is 5.32 Å². The molecule has 0 aromatic carbocycles. The number of aromatic nitrogens is 1. The smallest absolute Gasteiger partial charge is 0.168 e. The van der Waals surface area contributed by atoms with Crippen LogP contribution in [0, 0.1) is 0 Å². The van der Waals surface area contributed by atoms with E-state index in [-0.39, 0.29) is 0 Å². The number of nitrogens with zero attached hydrogens (tertiary/aromatic N) is 1. The van der Waals surface area contributed by atoms with Crippen LogP contribution < -0.4 is 9.88 Å². The van der Waals surface area contributed by atoms with Crippen LogP contribution in [0.15, 0.2) is 43.2 Å². The molecule has 0 amide bonds. The molecule has 0 fully saturated rings. The van der Waals surface area contributed by atoms with Gasteiger partial charge in [0.1, 0.15) is 6.54 Å². The molecule has 2 heteroatoms. The SMILES string of the molecule is C=CCNCCC[n+]1ccccc1. The van der Waals surface area contributed by atoms with Crippen molar-refractivity contribution in [3.63, 3.8) is 0 Å².